The standard InChI is InChI=1S/C15H17ClN2O2/c1-4-20-14-8-6-5-7-11(14)13(19)9-12-15(16)10(2)17-18(12)3/h5-8H,4,9H2,1-3H3. The summed E-state index contributed by atoms with van der Waals surface area (Å²) in [5, 5.41) is 4.77. The van der Waals surface area contributed by atoms with Crippen molar-refractivity contribution in [3.63, 3.8) is 0 Å². The van der Waals surface area contributed by atoms with E-state index in [2.05, 4.69) is 5.10 Å². The van der Waals surface area contributed by atoms with Gasteiger partial charge in [-0.15, -0.1) is 0 Å². The number of halogens is 1. The fourth-order valence-electron chi connectivity index (χ4n) is 2.10. The van der Waals surface area contributed by atoms with Crippen LogP contribution in [0.1, 0.15) is 28.7 Å². The van der Waals surface area contributed by atoms with Gasteiger partial charge in [0.05, 0.1) is 35.0 Å². The number of benzene rings is 1. The molecule has 0 fully saturated rings. The number of aromatic nitrogens is 2. The summed E-state index contributed by atoms with van der Waals surface area (Å²) in [4.78, 5) is 12.4. The van der Waals surface area contributed by atoms with Gasteiger partial charge in [-0.05, 0) is 26.0 Å². The lowest BCUT2D eigenvalue weighted by Crippen LogP contribution is -2.10. The van der Waals surface area contributed by atoms with E-state index in [0.717, 1.165) is 11.4 Å². The van der Waals surface area contributed by atoms with Crippen LogP contribution >= 0.6 is 11.6 Å². The molecule has 0 aliphatic heterocycles. The fraction of sp³-hybridized carbons (Fsp3) is 0.333. The number of hydrogen-bond donors (Lipinski definition) is 0. The lowest BCUT2D eigenvalue weighted by Gasteiger charge is -2.09. The highest BCUT2D eigenvalue weighted by Gasteiger charge is 2.18. The van der Waals surface area contributed by atoms with Crippen molar-refractivity contribution in [1.82, 2.24) is 9.78 Å². The van der Waals surface area contributed by atoms with Gasteiger partial charge in [-0.1, -0.05) is 23.7 Å². The van der Waals surface area contributed by atoms with Gasteiger partial charge in [0.25, 0.3) is 0 Å². The van der Waals surface area contributed by atoms with Gasteiger partial charge in [0.15, 0.2) is 5.78 Å². The van der Waals surface area contributed by atoms with E-state index in [1.807, 2.05) is 26.0 Å². The molecule has 1 aromatic heterocycles. The number of ketones is 1. The first kappa shape index (κ1) is 14.6. The normalized spacial score (nSPS) is 10.6. The fourth-order valence-corrected chi connectivity index (χ4v) is 2.32. The first-order chi connectivity index (χ1) is 9.54. The Labute approximate surface area is 123 Å². The molecule has 2 rings (SSSR count). The minimum atomic E-state index is -0.0287. The minimum Gasteiger partial charge on any atom is -0.493 e. The van der Waals surface area contributed by atoms with Gasteiger partial charge in [0, 0.05) is 7.05 Å². The molecule has 2 aromatic rings. The van der Waals surface area contributed by atoms with Crippen LogP contribution in [0, 0.1) is 6.92 Å². The third kappa shape index (κ3) is 2.85. The van der Waals surface area contributed by atoms with Crippen LogP contribution in [-0.4, -0.2) is 22.2 Å². The Kier molecular flexibility index (Phi) is 4.45. The van der Waals surface area contributed by atoms with Crippen LogP contribution < -0.4 is 4.74 Å². The second kappa shape index (κ2) is 6.09. The van der Waals surface area contributed by atoms with Gasteiger partial charge in [0.1, 0.15) is 5.75 Å². The summed E-state index contributed by atoms with van der Waals surface area (Å²) < 4.78 is 7.14. The van der Waals surface area contributed by atoms with E-state index in [-0.39, 0.29) is 12.2 Å². The number of carbonyl (C=O) groups is 1. The summed E-state index contributed by atoms with van der Waals surface area (Å²) in [7, 11) is 1.79. The molecule has 4 nitrogen and oxygen atoms in total. The zero-order valence-corrected chi connectivity index (χ0v) is 12.6. The first-order valence-corrected chi connectivity index (χ1v) is 6.85. The Hall–Kier alpha value is -1.81. The van der Waals surface area contributed by atoms with Gasteiger partial charge in [-0.3, -0.25) is 9.48 Å². The zero-order chi connectivity index (χ0) is 14.7. The van der Waals surface area contributed by atoms with Crippen molar-refractivity contribution in [3.05, 3.63) is 46.2 Å². The van der Waals surface area contributed by atoms with Crippen molar-refractivity contribution in [2.45, 2.75) is 20.3 Å². The monoisotopic (exact) mass is 292 g/mol. The van der Waals surface area contributed by atoms with Crippen molar-refractivity contribution in [2.24, 2.45) is 7.05 Å². The Bertz CT molecular complexity index is 635. The van der Waals surface area contributed by atoms with E-state index >= 15 is 0 Å². The third-order valence-corrected chi connectivity index (χ3v) is 3.57. The van der Waals surface area contributed by atoms with Crippen LogP contribution in [0.5, 0.6) is 5.75 Å². The molecule has 0 radical (unpaired) electrons. The molecule has 0 bridgehead atoms. The van der Waals surface area contributed by atoms with Gasteiger partial charge < -0.3 is 4.74 Å². The van der Waals surface area contributed by atoms with E-state index in [1.54, 1.807) is 23.9 Å². The Morgan fingerprint density at radius 3 is 2.70 bits per heavy atom. The summed E-state index contributed by atoms with van der Waals surface area (Å²) in [6.07, 6.45) is 0.209. The molecule has 0 aliphatic rings. The van der Waals surface area contributed by atoms with E-state index in [1.165, 1.54) is 0 Å². The Morgan fingerprint density at radius 2 is 2.10 bits per heavy atom. The van der Waals surface area contributed by atoms with Gasteiger partial charge in [-0.25, -0.2) is 0 Å². The Morgan fingerprint density at radius 1 is 1.40 bits per heavy atom. The summed E-state index contributed by atoms with van der Waals surface area (Å²) in [5.41, 5.74) is 2.03. The molecule has 106 valence electrons. The number of carbonyl (C=O) groups excluding carboxylic acids is 1. The van der Waals surface area contributed by atoms with Crippen molar-refractivity contribution in [2.75, 3.05) is 6.61 Å². The highest BCUT2D eigenvalue weighted by molar-refractivity contribution is 6.32. The lowest BCUT2D eigenvalue weighted by atomic mass is 10.1. The number of aryl methyl sites for hydroxylation is 2. The zero-order valence-electron chi connectivity index (χ0n) is 11.8. The van der Waals surface area contributed by atoms with Crippen LogP contribution in [0.3, 0.4) is 0 Å². The largest absolute Gasteiger partial charge is 0.493 e. The molecule has 1 aromatic carbocycles. The molecule has 1 heterocycles. The molecule has 0 spiro atoms. The van der Waals surface area contributed by atoms with Crippen LogP contribution in [-0.2, 0) is 13.5 Å². The highest BCUT2D eigenvalue weighted by atomic mass is 35.5. The van der Waals surface area contributed by atoms with Crippen molar-refractivity contribution in [1.29, 1.82) is 0 Å². The second-order valence-electron chi connectivity index (χ2n) is 4.50. The minimum absolute atomic E-state index is 0.0287. The average molecular weight is 293 g/mol. The molecule has 0 N–H and O–H groups in total. The number of nitrogens with zero attached hydrogens (tertiary/aromatic N) is 2. The average Bonchev–Trinajstić information content (AvgIpc) is 2.66. The van der Waals surface area contributed by atoms with Crippen LogP contribution in [0.25, 0.3) is 0 Å². The number of para-hydroxylation sites is 1. The van der Waals surface area contributed by atoms with Crippen molar-refractivity contribution < 1.29 is 9.53 Å². The van der Waals surface area contributed by atoms with E-state index in [0.29, 0.717) is 22.9 Å². The second-order valence-corrected chi connectivity index (χ2v) is 4.88. The highest BCUT2D eigenvalue weighted by Crippen LogP contribution is 2.24. The van der Waals surface area contributed by atoms with Crippen molar-refractivity contribution >= 4 is 17.4 Å². The van der Waals surface area contributed by atoms with Gasteiger partial charge in [-0.2, -0.15) is 5.10 Å². The number of Topliss-reactive ketones (excluding diaryl/α,β-unsaturated/α-hetero) is 1. The third-order valence-electron chi connectivity index (χ3n) is 3.08. The smallest absolute Gasteiger partial charge is 0.172 e. The number of ether oxygens (including phenoxy) is 1. The van der Waals surface area contributed by atoms with Crippen LogP contribution in [0.2, 0.25) is 5.02 Å². The molecule has 0 saturated carbocycles. The summed E-state index contributed by atoms with van der Waals surface area (Å²) in [6, 6.07) is 7.24. The van der Waals surface area contributed by atoms with Crippen LogP contribution in [0.4, 0.5) is 0 Å². The topological polar surface area (TPSA) is 44.1 Å². The molecular formula is C15H17ClN2O2. The molecule has 0 amide bonds. The molecule has 5 heteroatoms. The van der Waals surface area contributed by atoms with E-state index in [9.17, 15) is 4.79 Å². The van der Waals surface area contributed by atoms with Crippen molar-refractivity contribution in [3.8, 4) is 5.75 Å². The first-order valence-electron chi connectivity index (χ1n) is 6.47. The predicted molar refractivity (Wildman–Crippen MR) is 78.6 cm³/mol. The SMILES string of the molecule is CCOc1ccccc1C(=O)Cc1c(Cl)c(C)nn1C. The molecular weight excluding hydrogens is 276 g/mol. The lowest BCUT2D eigenvalue weighted by molar-refractivity contribution is 0.0987. The molecule has 0 unspecified atom stereocenters. The van der Waals surface area contributed by atoms with Gasteiger partial charge in [0.2, 0.25) is 0 Å². The molecule has 0 aliphatic carbocycles. The maximum absolute atomic E-state index is 12.4. The van der Waals surface area contributed by atoms with E-state index in [4.69, 9.17) is 16.3 Å². The van der Waals surface area contributed by atoms with E-state index < -0.39 is 0 Å². The summed E-state index contributed by atoms with van der Waals surface area (Å²) in [5.74, 6) is 0.578. The molecule has 0 saturated heterocycles. The molecule has 20 heavy (non-hydrogen) atoms. The van der Waals surface area contributed by atoms with Crippen LogP contribution in [0.15, 0.2) is 24.3 Å². The predicted octanol–water partition coefficient (Wildman–Crippen LogP) is 3.21. The summed E-state index contributed by atoms with van der Waals surface area (Å²) in [6.45, 7) is 4.24. The number of rotatable bonds is 5. The summed E-state index contributed by atoms with van der Waals surface area (Å²) >= 11 is 6.18. The maximum atomic E-state index is 12.4. The van der Waals surface area contributed by atoms with Gasteiger partial charge >= 0.3 is 0 Å². The molecule has 0 atom stereocenters. The number of hydrogen-bond acceptors (Lipinski definition) is 3. The Balaban J connectivity index is 2.29. The quantitative estimate of drug-likeness (QED) is 0.795. The maximum Gasteiger partial charge on any atom is 0.172 e.